The maximum atomic E-state index is 12.3. The summed E-state index contributed by atoms with van der Waals surface area (Å²) < 4.78 is 0. The van der Waals surface area contributed by atoms with Gasteiger partial charge in [0.15, 0.2) is 6.54 Å². The molecule has 2 aliphatic rings. The van der Waals surface area contributed by atoms with Crippen LogP contribution < -0.4 is 15.1 Å². The van der Waals surface area contributed by atoms with E-state index in [2.05, 4.69) is 29.3 Å². The minimum atomic E-state index is 0.141. The zero-order valence-corrected chi connectivity index (χ0v) is 15.0. The van der Waals surface area contributed by atoms with Crippen molar-refractivity contribution in [3.8, 4) is 0 Å². The monoisotopic (exact) mass is 330 g/mol. The first-order valence-electron chi connectivity index (χ1n) is 9.69. The molecule has 0 atom stereocenters. The third kappa shape index (κ3) is 4.97. The molecule has 2 aliphatic heterocycles. The minimum Gasteiger partial charge on any atom is -0.372 e. The Morgan fingerprint density at radius 1 is 1.08 bits per heavy atom. The Morgan fingerprint density at radius 3 is 2.33 bits per heavy atom. The normalized spacial score (nSPS) is 25.1. The fourth-order valence-electron chi connectivity index (χ4n) is 3.86. The summed E-state index contributed by atoms with van der Waals surface area (Å²) in [6.45, 7) is 7.47. The van der Waals surface area contributed by atoms with Crippen LogP contribution in [0.5, 0.6) is 0 Å². The lowest BCUT2D eigenvalue weighted by atomic mass is 9.99. The third-order valence-corrected chi connectivity index (χ3v) is 5.51. The molecule has 4 nitrogen and oxygen atoms in total. The maximum Gasteiger partial charge on any atom is 0.279 e. The summed E-state index contributed by atoms with van der Waals surface area (Å²) in [7, 11) is 0. The average Bonchev–Trinajstić information content (AvgIpc) is 2.87. The number of benzene rings is 1. The molecule has 0 bridgehead atoms. The highest BCUT2D eigenvalue weighted by molar-refractivity contribution is 5.91. The molecule has 132 valence electrons. The van der Waals surface area contributed by atoms with Gasteiger partial charge in [0.2, 0.25) is 0 Å². The standard InChI is InChI=1S/C20H31N3O/c1-17-10-14-22(15-11-17)16-20(24)21-18-6-8-19(9-7-18)23-12-4-2-3-5-13-23/h6-9,17H,2-5,10-16H2,1H3,(H,21,24)/p+1. The molecular formula is C20H32N3O+. The van der Waals surface area contributed by atoms with Crippen molar-refractivity contribution < 1.29 is 9.69 Å². The van der Waals surface area contributed by atoms with Gasteiger partial charge in [-0.2, -0.15) is 0 Å². The molecule has 2 N–H and O–H groups in total. The van der Waals surface area contributed by atoms with Crippen LogP contribution >= 0.6 is 0 Å². The van der Waals surface area contributed by atoms with Crippen molar-refractivity contribution in [3.05, 3.63) is 24.3 Å². The van der Waals surface area contributed by atoms with Crippen LogP contribution in [0.4, 0.5) is 11.4 Å². The minimum absolute atomic E-state index is 0.141. The molecule has 4 heteroatoms. The Morgan fingerprint density at radius 2 is 1.71 bits per heavy atom. The summed E-state index contributed by atoms with van der Waals surface area (Å²) in [5.74, 6) is 0.963. The van der Waals surface area contributed by atoms with E-state index in [1.54, 1.807) is 0 Å². The number of amides is 1. The highest BCUT2D eigenvalue weighted by Gasteiger charge is 2.21. The lowest BCUT2D eigenvalue weighted by molar-refractivity contribution is -0.897. The van der Waals surface area contributed by atoms with Crippen LogP contribution in [-0.2, 0) is 4.79 Å². The van der Waals surface area contributed by atoms with Gasteiger partial charge in [0.25, 0.3) is 5.91 Å². The molecule has 1 aromatic rings. The number of hydrogen-bond donors (Lipinski definition) is 2. The van der Waals surface area contributed by atoms with E-state index in [-0.39, 0.29) is 5.91 Å². The Bertz CT molecular complexity index is 512. The molecule has 3 rings (SSSR count). The molecule has 2 fully saturated rings. The summed E-state index contributed by atoms with van der Waals surface area (Å²) in [5.41, 5.74) is 2.20. The largest absolute Gasteiger partial charge is 0.372 e. The van der Waals surface area contributed by atoms with Crippen LogP contribution in [0.3, 0.4) is 0 Å². The quantitative estimate of drug-likeness (QED) is 0.889. The molecule has 0 radical (unpaired) electrons. The van der Waals surface area contributed by atoms with Crippen molar-refractivity contribution in [1.82, 2.24) is 0 Å². The van der Waals surface area contributed by atoms with Crippen molar-refractivity contribution >= 4 is 17.3 Å². The van der Waals surface area contributed by atoms with Gasteiger partial charge in [-0.1, -0.05) is 19.8 Å². The van der Waals surface area contributed by atoms with Crippen LogP contribution in [0.1, 0.15) is 45.4 Å². The molecule has 0 aliphatic carbocycles. The molecular weight excluding hydrogens is 298 g/mol. The molecule has 24 heavy (non-hydrogen) atoms. The smallest absolute Gasteiger partial charge is 0.279 e. The zero-order valence-electron chi connectivity index (χ0n) is 15.0. The maximum absolute atomic E-state index is 12.3. The lowest BCUT2D eigenvalue weighted by Crippen LogP contribution is -3.14. The molecule has 0 saturated carbocycles. The first-order valence-corrected chi connectivity index (χ1v) is 9.69. The third-order valence-electron chi connectivity index (χ3n) is 5.51. The average molecular weight is 330 g/mol. The molecule has 1 aromatic carbocycles. The van der Waals surface area contributed by atoms with E-state index in [0.717, 1.165) is 37.8 Å². The van der Waals surface area contributed by atoms with Gasteiger partial charge in [-0.3, -0.25) is 4.79 Å². The summed E-state index contributed by atoms with van der Waals surface area (Å²) in [6, 6.07) is 8.39. The lowest BCUT2D eigenvalue weighted by Gasteiger charge is -2.26. The van der Waals surface area contributed by atoms with E-state index in [0.29, 0.717) is 6.54 Å². The van der Waals surface area contributed by atoms with Crippen LogP contribution in [0.2, 0.25) is 0 Å². The van der Waals surface area contributed by atoms with Crippen molar-refractivity contribution in [1.29, 1.82) is 0 Å². The Labute approximate surface area is 146 Å². The second-order valence-corrected chi connectivity index (χ2v) is 7.61. The van der Waals surface area contributed by atoms with Crippen LogP contribution in [-0.4, -0.2) is 38.6 Å². The fourth-order valence-corrected chi connectivity index (χ4v) is 3.86. The fraction of sp³-hybridized carbons (Fsp3) is 0.650. The molecule has 0 unspecified atom stereocenters. The summed E-state index contributed by atoms with van der Waals surface area (Å²) in [5, 5.41) is 3.06. The van der Waals surface area contributed by atoms with E-state index in [1.807, 2.05) is 12.1 Å². The number of carbonyl (C=O) groups excluding carboxylic acids is 1. The Balaban J connectivity index is 1.49. The highest BCUT2D eigenvalue weighted by atomic mass is 16.2. The van der Waals surface area contributed by atoms with Crippen molar-refractivity contribution in [2.24, 2.45) is 5.92 Å². The van der Waals surface area contributed by atoms with E-state index in [1.165, 1.54) is 49.1 Å². The SMILES string of the molecule is CC1CC[NH+](CC(=O)Nc2ccc(N3CCCCCC3)cc2)CC1. The Hall–Kier alpha value is -1.55. The van der Waals surface area contributed by atoms with Gasteiger partial charge >= 0.3 is 0 Å². The predicted molar refractivity (Wildman–Crippen MR) is 99.7 cm³/mol. The Kier molecular flexibility index (Phi) is 6.13. The molecule has 0 aromatic heterocycles. The summed E-state index contributed by atoms with van der Waals surface area (Å²) in [4.78, 5) is 16.1. The van der Waals surface area contributed by atoms with Crippen LogP contribution in [0.25, 0.3) is 0 Å². The molecule has 2 saturated heterocycles. The number of quaternary nitrogens is 1. The van der Waals surface area contributed by atoms with Gasteiger partial charge in [0.1, 0.15) is 0 Å². The van der Waals surface area contributed by atoms with Crippen molar-refractivity contribution in [2.75, 3.05) is 42.9 Å². The second-order valence-electron chi connectivity index (χ2n) is 7.61. The first-order chi connectivity index (χ1) is 11.7. The van der Waals surface area contributed by atoms with Gasteiger partial charge in [-0.15, -0.1) is 0 Å². The van der Waals surface area contributed by atoms with E-state index < -0.39 is 0 Å². The van der Waals surface area contributed by atoms with Crippen molar-refractivity contribution in [3.63, 3.8) is 0 Å². The van der Waals surface area contributed by atoms with Crippen LogP contribution in [0, 0.1) is 5.92 Å². The number of likely N-dealkylation sites (tertiary alicyclic amines) is 1. The number of nitrogens with zero attached hydrogens (tertiary/aromatic N) is 1. The first kappa shape index (κ1) is 17.3. The summed E-state index contributed by atoms with van der Waals surface area (Å²) in [6.07, 6.45) is 7.76. The van der Waals surface area contributed by atoms with Gasteiger partial charge in [-0.05, 0) is 55.9 Å². The molecule has 0 spiro atoms. The van der Waals surface area contributed by atoms with Gasteiger partial charge in [0.05, 0.1) is 13.1 Å². The number of piperidine rings is 1. The van der Waals surface area contributed by atoms with Gasteiger partial charge in [0, 0.05) is 24.5 Å². The van der Waals surface area contributed by atoms with Gasteiger partial charge in [-0.25, -0.2) is 0 Å². The molecule has 1 amide bonds. The number of hydrogen-bond acceptors (Lipinski definition) is 2. The number of anilines is 2. The van der Waals surface area contributed by atoms with E-state index in [4.69, 9.17) is 0 Å². The zero-order chi connectivity index (χ0) is 16.8. The number of carbonyl (C=O) groups is 1. The van der Waals surface area contributed by atoms with Crippen molar-refractivity contribution in [2.45, 2.75) is 45.4 Å². The predicted octanol–water partition coefficient (Wildman–Crippen LogP) is 2.32. The molecule has 2 heterocycles. The van der Waals surface area contributed by atoms with Crippen LogP contribution in [0.15, 0.2) is 24.3 Å². The van der Waals surface area contributed by atoms with Gasteiger partial charge < -0.3 is 15.1 Å². The van der Waals surface area contributed by atoms with E-state index >= 15 is 0 Å². The highest BCUT2D eigenvalue weighted by Crippen LogP contribution is 2.21. The summed E-state index contributed by atoms with van der Waals surface area (Å²) >= 11 is 0. The topological polar surface area (TPSA) is 36.8 Å². The van der Waals surface area contributed by atoms with E-state index in [9.17, 15) is 4.79 Å². The number of rotatable bonds is 4. The number of nitrogens with one attached hydrogen (secondary N) is 2. The second kappa shape index (κ2) is 8.52.